The summed E-state index contributed by atoms with van der Waals surface area (Å²) in [5.74, 6) is 1.16. The Morgan fingerprint density at radius 1 is 0.720 bits per heavy atom. The molecule has 0 saturated carbocycles. The Kier molecular flexibility index (Phi) is 4.43. The van der Waals surface area contributed by atoms with Crippen molar-refractivity contribution in [2.75, 3.05) is 0 Å². The zero-order valence-electron chi connectivity index (χ0n) is 13.4. The first-order valence-electron chi connectivity index (χ1n) is 7.56. The Balaban J connectivity index is 1.73. The number of rotatable bonds is 5. The molecule has 0 atom stereocenters. The highest BCUT2D eigenvalue weighted by atomic mass is 16.5. The lowest BCUT2D eigenvalue weighted by molar-refractivity contribution is 0.463. The van der Waals surface area contributed by atoms with Gasteiger partial charge in [0.15, 0.2) is 0 Å². The van der Waals surface area contributed by atoms with Crippen LogP contribution in [0.2, 0.25) is 0 Å². The van der Waals surface area contributed by atoms with Crippen LogP contribution < -0.4 is 16.2 Å². The number of nitrogens with two attached hydrogens (primary N) is 2. The number of pyridine rings is 1. The lowest BCUT2D eigenvalue weighted by Crippen LogP contribution is -2.10. The average Bonchev–Trinajstić information content (AvgIpc) is 2.63. The van der Waals surface area contributed by atoms with Gasteiger partial charge in [0.25, 0.3) is 0 Å². The van der Waals surface area contributed by atoms with Gasteiger partial charge in [-0.15, -0.1) is 0 Å². The second kappa shape index (κ2) is 6.84. The third-order valence-corrected chi connectivity index (χ3v) is 3.65. The molecule has 6 N–H and O–H groups in total. The number of hydrogen-bond donors (Lipinski definition) is 4. The van der Waals surface area contributed by atoms with Crippen LogP contribution in [-0.4, -0.2) is 16.7 Å². The van der Waals surface area contributed by atoms with Crippen molar-refractivity contribution < 1.29 is 4.74 Å². The summed E-state index contributed by atoms with van der Waals surface area (Å²) in [6.07, 6.45) is 1.72. The Bertz CT molecular complexity index is 900. The third kappa shape index (κ3) is 3.81. The fraction of sp³-hybridized carbons (Fsp3) is 0. The quantitative estimate of drug-likeness (QED) is 0.424. The predicted molar refractivity (Wildman–Crippen MR) is 98.2 cm³/mol. The van der Waals surface area contributed by atoms with Crippen molar-refractivity contribution in [1.82, 2.24) is 4.98 Å². The van der Waals surface area contributed by atoms with Crippen molar-refractivity contribution in [1.29, 1.82) is 10.8 Å². The molecule has 0 amide bonds. The Hall–Kier alpha value is -3.67. The van der Waals surface area contributed by atoms with Gasteiger partial charge in [-0.3, -0.25) is 10.8 Å². The number of nitrogen functional groups attached to an aromatic ring is 2. The van der Waals surface area contributed by atoms with Crippen molar-refractivity contribution in [3.8, 4) is 22.8 Å². The van der Waals surface area contributed by atoms with Gasteiger partial charge in [0.1, 0.15) is 17.4 Å². The number of benzene rings is 2. The molecular weight excluding hydrogens is 314 g/mol. The molecule has 0 aliphatic carbocycles. The molecular formula is C19H17N5O. The monoisotopic (exact) mass is 331 g/mol. The van der Waals surface area contributed by atoms with E-state index in [-0.39, 0.29) is 11.7 Å². The normalized spacial score (nSPS) is 10.2. The van der Waals surface area contributed by atoms with Crippen LogP contribution in [0.25, 0.3) is 11.1 Å². The highest BCUT2D eigenvalue weighted by Crippen LogP contribution is 2.24. The molecule has 1 heterocycles. The average molecular weight is 331 g/mol. The maximum absolute atomic E-state index is 7.41. The van der Waals surface area contributed by atoms with Gasteiger partial charge in [-0.05, 0) is 35.9 Å². The number of nitrogens with zero attached hydrogens (tertiary/aromatic N) is 1. The fourth-order valence-electron chi connectivity index (χ4n) is 2.28. The predicted octanol–water partition coefficient (Wildman–Crippen LogP) is 3.11. The summed E-state index contributed by atoms with van der Waals surface area (Å²) in [6, 6.07) is 18.0. The number of aromatic nitrogens is 1. The lowest BCUT2D eigenvalue weighted by Gasteiger charge is -2.07. The highest BCUT2D eigenvalue weighted by molar-refractivity contribution is 5.95. The van der Waals surface area contributed by atoms with Gasteiger partial charge in [-0.2, -0.15) is 0 Å². The molecule has 0 aliphatic rings. The van der Waals surface area contributed by atoms with Crippen molar-refractivity contribution in [2.24, 2.45) is 11.5 Å². The molecule has 6 nitrogen and oxygen atoms in total. The number of hydrogen-bond acceptors (Lipinski definition) is 4. The van der Waals surface area contributed by atoms with Crippen molar-refractivity contribution in [2.45, 2.75) is 0 Å². The molecule has 0 unspecified atom stereocenters. The zero-order valence-corrected chi connectivity index (χ0v) is 13.4. The van der Waals surface area contributed by atoms with Crippen LogP contribution in [0.3, 0.4) is 0 Å². The summed E-state index contributed by atoms with van der Waals surface area (Å²) in [5.41, 5.74) is 14.1. The highest BCUT2D eigenvalue weighted by Gasteiger charge is 2.03. The van der Waals surface area contributed by atoms with Crippen molar-refractivity contribution in [3.05, 3.63) is 78.0 Å². The molecule has 0 fully saturated rings. The largest absolute Gasteiger partial charge is 0.439 e. The minimum absolute atomic E-state index is 0.0184. The topological polar surface area (TPSA) is 122 Å². The fourth-order valence-corrected chi connectivity index (χ4v) is 2.28. The minimum Gasteiger partial charge on any atom is -0.439 e. The Morgan fingerprint density at radius 3 is 1.72 bits per heavy atom. The third-order valence-electron chi connectivity index (χ3n) is 3.65. The van der Waals surface area contributed by atoms with Gasteiger partial charge >= 0.3 is 0 Å². The molecule has 25 heavy (non-hydrogen) atoms. The van der Waals surface area contributed by atoms with Gasteiger partial charge in [0.05, 0.1) is 0 Å². The van der Waals surface area contributed by atoms with Gasteiger partial charge in [0, 0.05) is 29.0 Å². The van der Waals surface area contributed by atoms with Crippen LogP contribution in [0.1, 0.15) is 11.1 Å². The minimum atomic E-state index is 0.0184. The summed E-state index contributed by atoms with van der Waals surface area (Å²) in [7, 11) is 0. The van der Waals surface area contributed by atoms with E-state index >= 15 is 0 Å². The Morgan fingerprint density at radius 2 is 1.24 bits per heavy atom. The van der Waals surface area contributed by atoms with E-state index in [0.717, 1.165) is 11.1 Å². The van der Waals surface area contributed by atoms with E-state index in [0.29, 0.717) is 22.8 Å². The molecule has 1 aromatic heterocycles. The first kappa shape index (κ1) is 16.2. The SMILES string of the molecule is N=C(N)c1ccc(Oc2ccc(-c3ccc(C(=N)N)cc3)cn2)cc1. The van der Waals surface area contributed by atoms with E-state index in [9.17, 15) is 0 Å². The van der Waals surface area contributed by atoms with Crippen LogP contribution in [0, 0.1) is 10.8 Å². The standard InChI is InChI=1S/C19H17N5O/c20-18(21)13-3-1-12(2-4-13)15-7-10-17(24-11-15)25-16-8-5-14(6-9-16)19(22)23/h1-11H,(H3,20,21)(H3,22,23). The number of nitrogens with one attached hydrogen (secondary N) is 2. The van der Waals surface area contributed by atoms with Crippen LogP contribution >= 0.6 is 0 Å². The van der Waals surface area contributed by atoms with Crippen LogP contribution in [0.4, 0.5) is 0 Å². The van der Waals surface area contributed by atoms with Gasteiger partial charge in [-0.25, -0.2) is 4.98 Å². The summed E-state index contributed by atoms with van der Waals surface area (Å²) in [6.45, 7) is 0. The smallest absolute Gasteiger partial charge is 0.219 e. The lowest BCUT2D eigenvalue weighted by atomic mass is 10.1. The van der Waals surface area contributed by atoms with Crippen molar-refractivity contribution >= 4 is 11.7 Å². The summed E-state index contributed by atoms with van der Waals surface area (Å²) in [4.78, 5) is 4.31. The van der Waals surface area contributed by atoms with Crippen LogP contribution in [-0.2, 0) is 0 Å². The maximum atomic E-state index is 7.41. The molecule has 0 bridgehead atoms. The molecule has 0 spiro atoms. The molecule has 0 radical (unpaired) electrons. The van der Waals surface area contributed by atoms with E-state index < -0.39 is 0 Å². The zero-order chi connectivity index (χ0) is 17.8. The molecule has 0 saturated heterocycles. The van der Waals surface area contributed by atoms with Crippen LogP contribution in [0.15, 0.2) is 66.9 Å². The van der Waals surface area contributed by atoms with E-state index in [1.165, 1.54) is 0 Å². The number of amidine groups is 2. The van der Waals surface area contributed by atoms with E-state index in [2.05, 4.69) is 4.98 Å². The first-order chi connectivity index (χ1) is 12.0. The van der Waals surface area contributed by atoms with Gasteiger partial charge in [0.2, 0.25) is 5.88 Å². The van der Waals surface area contributed by atoms with Crippen molar-refractivity contribution in [3.63, 3.8) is 0 Å². The molecule has 6 heteroatoms. The first-order valence-corrected chi connectivity index (χ1v) is 7.56. The van der Waals surface area contributed by atoms with Crippen LogP contribution in [0.5, 0.6) is 11.6 Å². The summed E-state index contributed by atoms with van der Waals surface area (Å²) >= 11 is 0. The van der Waals surface area contributed by atoms with Gasteiger partial charge < -0.3 is 16.2 Å². The second-order valence-electron chi connectivity index (χ2n) is 5.42. The maximum Gasteiger partial charge on any atom is 0.219 e. The summed E-state index contributed by atoms with van der Waals surface area (Å²) < 4.78 is 5.69. The summed E-state index contributed by atoms with van der Waals surface area (Å²) in [5, 5.41) is 14.8. The van der Waals surface area contributed by atoms with E-state index in [1.54, 1.807) is 48.7 Å². The molecule has 0 aliphatic heterocycles. The molecule has 124 valence electrons. The number of ether oxygens (including phenoxy) is 1. The van der Waals surface area contributed by atoms with E-state index in [4.69, 9.17) is 27.0 Å². The van der Waals surface area contributed by atoms with E-state index in [1.807, 2.05) is 18.2 Å². The molecule has 2 aromatic carbocycles. The molecule has 3 rings (SSSR count). The van der Waals surface area contributed by atoms with Gasteiger partial charge in [-0.1, -0.05) is 24.3 Å². The Labute approximate surface area is 145 Å². The second-order valence-corrected chi connectivity index (χ2v) is 5.42. The molecule has 3 aromatic rings.